The summed E-state index contributed by atoms with van der Waals surface area (Å²) >= 11 is 3.37. The summed E-state index contributed by atoms with van der Waals surface area (Å²) in [4.78, 5) is 38.3. The molecule has 0 aliphatic carbocycles. The van der Waals surface area contributed by atoms with Crippen molar-refractivity contribution >= 4 is 45.0 Å². The van der Waals surface area contributed by atoms with Gasteiger partial charge in [0.15, 0.2) is 6.10 Å². The van der Waals surface area contributed by atoms with Crippen LogP contribution in [0.1, 0.15) is 18.9 Å². The molecule has 0 spiro atoms. The van der Waals surface area contributed by atoms with Crippen molar-refractivity contribution in [2.24, 2.45) is 0 Å². The number of carbonyl (C=O) groups excluding carboxylic acids is 3. The number of nitrogens with zero attached hydrogens (tertiary/aromatic N) is 1. The topological polar surface area (TPSA) is 87.7 Å². The molecule has 3 amide bonds. The summed E-state index contributed by atoms with van der Waals surface area (Å²) in [6.07, 6.45) is -0.523. The number of ether oxygens (including phenoxy) is 1. The van der Waals surface area contributed by atoms with Crippen molar-refractivity contribution in [3.63, 3.8) is 0 Å². The molecule has 0 fully saturated rings. The third-order valence-corrected chi connectivity index (χ3v) is 5.04. The number of hydrogen-bond acceptors (Lipinski definition) is 4. The summed E-state index contributed by atoms with van der Waals surface area (Å²) in [7, 11) is 0. The zero-order valence-corrected chi connectivity index (χ0v) is 17.8. The molecule has 3 rings (SSSR count). The smallest absolute Gasteiger partial charge is 0.267 e. The van der Waals surface area contributed by atoms with Gasteiger partial charge in [0.25, 0.3) is 5.91 Å². The van der Waals surface area contributed by atoms with Crippen LogP contribution in [0, 0.1) is 6.92 Å². The molecule has 1 aliphatic rings. The molecule has 1 heterocycles. The van der Waals surface area contributed by atoms with Crippen LogP contribution in [0.2, 0.25) is 0 Å². The van der Waals surface area contributed by atoms with Crippen molar-refractivity contribution in [2.75, 3.05) is 23.3 Å². The molecule has 8 heteroatoms. The molecular formula is C21H22BrN3O4. The Morgan fingerprint density at radius 2 is 1.93 bits per heavy atom. The molecule has 0 radical (unpaired) electrons. The first-order valence-corrected chi connectivity index (χ1v) is 10.0. The summed E-state index contributed by atoms with van der Waals surface area (Å²) in [6.45, 7) is 3.64. The molecule has 0 bridgehead atoms. The zero-order chi connectivity index (χ0) is 21.0. The number of hydrogen-bond donors (Lipinski definition) is 2. The van der Waals surface area contributed by atoms with E-state index in [-0.39, 0.29) is 37.2 Å². The molecule has 2 aromatic rings. The minimum absolute atomic E-state index is 0.0807. The van der Waals surface area contributed by atoms with Gasteiger partial charge in [-0.25, -0.2) is 0 Å². The van der Waals surface area contributed by atoms with Crippen LogP contribution in [-0.4, -0.2) is 36.9 Å². The van der Waals surface area contributed by atoms with Crippen molar-refractivity contribution in [3.8, 4) is 5.75 Å². The third-order valence-electron chi connectivity index (χ3n) is 4.54. The number of aryl methyl sites for hydroxylation is 1. The quantitative estimate of drug-likeness (QED) is 0.694. The molecule has 1 aliphatic heterocycles. The number of benzene rings is 2. The van der Waals surface area contributed by atoms with Gasteiger partial charge in [-0.2, -0.15) is 0 Å². The molecule has 0 saturated heterocycles. The Kier molecular flexibility index (Phi) is 6.53. The Balaban J connectivity index is 1.51. The number of rotatable bonds is 6. The van der Waals surface area contributed by atoms with E-state index in [0.717, 1.165) is 10.0 Å². The minimum Gasteiger partial charge on any atom is -0.479 e. The number of para-hydroxylation sites is 2. The van der Waals surface area contributed by atoms with Gasteiger partial charge in [-0.1, -0.05) is 28.1 Å². The molecule has 2 aromatic carbocycles. The SMILES string of the molecule is Cc1cc(Br)ccc1NC(=O)CNC(=O)CCN1C(=O)C(C)Oc2ccccc21. The van der Waals surface area contributed by atoms with Gasteiger partial charge in [-0.3, -0.25) is 14.4 Å². The molecular weight excluding hydrogens is 438 g/mol. The number of carbonyl (C=O) groups is 3. The highest BCUT2D eigenvalue weighted by Crippen LogP contribution is 2.33. The largest absolute Gasteiger partial charge is 0.479 e. The highest BCUT2D eigenvalue weighted by molar-refractivity contribution is 9.10. The Hall–Kier alpha value is -2.87. The summed E-state index contributed by atoms with van der Waals surface area (Å²) < 4.78 is 6.51. The Morgan fingerprint density at radius 3 is 2.69 bits per heavy atom. The lowest BCUT2D eigenvalue weighted by molar-refractivity contribution is -0.126. The highest BCUT2D eigenvalue weighted by atomic mass is 79.9. The van der Waals surface area contributed by atoms with Crippen molar-refractivity contribution in [1.29, 1.82) is 0 Å². The fourth-order valence-electron chi connectivity index (χ4n) is 3.03. The van der Waals surface area contributed by atoms with E-state index in [9.17, 15) is 14.4 Å². The lowest BCUT2D eigenvalue weighted by atomic mass is 10.1. The maximum absolute atomic E-state index is 12.4. The summed E-state index contributed by atoms with van der Waals surface area (Å²) in [6, 6.07) is 12.7. The van der Waals surface area contributed by atoms with Crippen LogP contribution in [0.4, 0.5) is 11.4 Å². The van der Waals surface area contributed by atoms with Gasteiger partial charge in [0.2, 0.25) is 11.8 Å². The highest BCUT2D eigenvalue weighted by Gasteiger charge is 2.31. The zero-order valence-electron chi connectivity index (χ0n) is 16.2. The number of nitrogens with one attached hydrogen (secondary N) is 2. The second kappa shape index (κ2) is 9.09. The average molecular weight is 460 g/mol. The average Bonchev–Trinajstić information content (AvgIpc) is 2.69. The van der Waals surface area contributed by atoms with Gasteiger partial charge >= 0.3 is 0 Å². The van der Waals surface area contributed by atoms with Crippen LogP contribution in [0.25, 0.3) is 0 Å². The summed E-state index contributed by atoms with van der Waals surface area (Å²) in [5.74, 6) is -0.202. The summed E-state index contributed by atoms with van der Waals surface area (Å²) in [5.41, 5.74) is 2.25. The third kappa shape index (κ3) is 5.14. The van der Waals surface area contributed by atoms with E-state index < -0.39 is 6.10 Å². The van der Waals surface area contributed by atoms with Crippen LogP contribution in [0.5, 0.6) is 5.75 Å². The van der Waals surface area contributed by atoms with E-state index in [1.54, 1.807) is 30.0 Å². The Morgan fingerprint density at radius 1 is 1.17 bits per heavy atom. The normalized spacial score (nSPS) is 15.3. The fourth-order valence-corrected chi connectivity index (χ4v) is 3.51. The van der Waals surface area contributed by atoms with Gasteiger partial charge in [-0.05, 0) is 49.7 Å². The maximum atomic E-state index is 12.4. The van der Waals surface area contributed by atoms with E-state index in [0.29, 0.717) is 17.1 Å². The first kappa shape index (κ1) is 20.9. The van der Waals surface area contributed by atoms with Crippen LogP contribution < -0.4 is 20.3 Å². The van der Waals surface area contributed by atoms with Crippen molar-refractivity contribution in [3.05, 3.63) is 52.5 Å². The van der Waals surface area contributed by atoms with Gasteiger partial charge in [0.05, 0.1) is 12.2 Å². The van der Waals surface area contributed by atoms with E-state index in [1.807, 2.05) is 31.2 Å². The first-order valence-electron chi connectivity index (χ1n) is 9.25. The maximum Gasteiger partial charge on any atom is 0.267 e. The van der Waals surface area contributed by atoms with Crippen LogP contribution >= 0.6 is 15.9 Å². The van der Waals surface area contributed by atoms with Gasteiger partial charge in [0.1, 0.15) is 5.75 Å². The molecule has 0 aromatic heterocycles. The van der Waals surface area contributed by atoms with E-state index >= 15 is 0 Å². The Bertz CT molecular complexity index is 947. The lowest BCUT2D eigenvalue weighted by Gasteiger charge is -2.32. The minimum atomic E-state index is -0.604. The Labute approximate surface area is 177 Å². The molecule has 29 heavy (non-hydrogen) atoms. The van der Waals surface area contributed by atoms with Gasteiger partial charge in [-0.15, -0.1) is 0 Å². The van der Waals surface area contributed by atoms with E-state index in [1.165, 1.54) is 0 Å². The van der Waals surface area contributed by atoms with Crippen LogP contribution in [-0.2, 0) is 14.4 Å². The fraction of sp³-hybridized carbons (Fsp3) is 0.286. The molecule has 1 atom stereocenters. The predicted molar refractivity (Wildman–Crippen MR) is 114 cm³/mol. The number of amides is 3. The van der Waals surface area contributed by atoms with Crippen molar-refractivity contribution < 1.29 is 19.1 Å². The number of halogens is 1. The predicted octanol–water partition coefficient (Wildman–Crippen LogP) is 3.02. The monoisotopic (exact) mass is 459 g/mol. The molecule has 1 unspecified atom stereocenters. The van der Waals surface area contributed by atoms with Crippen LogP contribution in [0.3, 0.4) is 0 Å². The second-order valence-electron chi connectivity index (χ2n) is 6.75. The van der Waals surface area contributed by atoms with E-state index in [2.05, 4.69) is 26.6 Å². The second-order valence-corrected chi connectivity index (χ2v) is 7.67. The number of anilines is 2. The standard InChI is InChI=1S/C21H22BrN3O4/c1-13-11-15(22)7-8-16(13)24-20(27)12-23-19(26)9-10-25-17-5-3-4-6-18(17)29-14(2)21(25)28/h3-8,11,14H,9-10,12H2,1-2H3,(H,23,26)(H,24,27). The molecule has 2 N–H and O–H groups in total. The summed E-state index contributed by atoms with van der Waals surface area (Å²) in [5, 5.41) is 5.36. The molecule has 152 valence electrons. The van der Waals surface area contributed by atoms with Crippen molar-refractivity contribution in [2.45, 2.75) is 26.4 Å². The van der Waals surface area contributed by atoms with Crippen molar-refractivity contribution in [1.82, 2.24) is 5.32 Å². The first-order chi connectivity index (χ1) is 13.8. The van der Waals surface area contributed by atoms with Gasteiger partial charge in [0, 0.05) is 23.1 Å². The van der Waals surface area contributed by atoms with Gasteiger partial charge < -0.3 is 20.3 Å². The van der Waals surface area contributed by atoms with E-state index in [4.69, 9.17) is 4.74 Å². The van der Waals surface area contributed by atoms with Crippen LogP contribution in [0.15, 0.2) is 46.9 Å². The lowest BCUT2D eigenvalue weighted by Crippen LogP contribution is -2.46. The number of fused-ring (bicyclic) bond motifs is 1. The molecule has 0 saturated carbocycles. The molecule has 7 nitrogen and oxygen atoms in total.